The van der Waals surface area contributed by atoms with Gasteiger partial charge in [-0.2, -0.15) is 4.31 Å². The summed E-state index contributed by atoms with van der Waals surface area (Å²) < 4.78 is 25.2. The average Bonchev–Trinajstić information content (AvgIpc) is 2.66. The summed E-state index contributed by atoms with van der Waals surface area (Å²) in [7, 11) is -2.28. The van der Waals surface area contributed by atoms with E-state index in [1.54, 1.807) is 54.6 Å². The van der Waals surface area contributed by atoms with Crippen LogP contribution in [0.4, 0.5) is 5.69 Å². The number of likely N-dealkylation sites (N-methyl/N-ethyl adjacent to an activating group) is 1. The first-order valence-corrected chi connectivity index (χ1v) is 11.1. The van der Waals surface area contributed by atoms with Crippen LogP contribution < -0.4 is 10.6 Å². The van der Waals surface area contributed by atoms with Gasteiger partial charge in [0.1, 0.15) is 6.04 Å². The molecule has 1 atom stereocenters. The molecule has 2 amide bonds. The maximum absolute atomic E-state index is 13.1. The molecule has 0 bridgehead atoms. The van der Waals surface area contributed by atoms with Gasteiger partial charge in [-0.3, -0.25) is 9.59 Å². The molecule has 0 spiro atoms. The summed E-state index contributed by atoms with van der Waals surface area (Å²) >= 11 is 0. The first-order valence-electron chi connectivity index (χ1n) is 9.27. The minimum Gasteiger partial charge on any atom is -0.352 e. The number of para-hydroxylation sites is 1. The molecule has 156 valence electrons. The molecule has 0 aliphatic carbocycles. The van der Waals surface area contributed by atoms with Crippen molar-refractivity contribution in [3.63, 3.8) is 0 Å². The highest BCUT2D eigenvalue weighted by molar-refractivity contribution is 7.88. The molecule has 0 saturated carbocycles. The number of benzene rings is 2. The Kier molecular flexibility index (Phi) is 7.53. The predicted molar refractivity (Wildman–Crippen MR) is 114 cm³/mol. The monoisotopic (exact) mass is 417 g/mol. The van der Waals surface area contributed by atoms with Crippen molar-refractivity contribution in [2.24, 2.45) is 5.92 Å². The van der Waals surface area contributed by atoms with Crippen molar-refractivity contribution in [1.29, 1.82) is 0 Å². The number of nitrogens with zero attached hydrogens (tertiary/aromatic N) is 1. The van der Waals surface area contributed by atoms with E-state index < -0.39 is 22.0 Å². The number of nitrogens with one attached hydrogen (secondary N) is 2. The minimum absolute atomic E-state index is 0.284. The van der Waals surface area contributed by atoms with Crippen molar-refractivity contribution < 1.29 is 18.0 Å². The summed E-state index contributed by atoms with van der Waals surface area (Å²) in [5.41, 5.74) is 1.16. The molecule has 0 heterocycles. The Labute approximate surface area is 172 Å². The van der Waals surface area contributed by atoms with Crippen molar-refractivity contribution in [2.45, 2.75) is 19.9 Å². The van der Waals surface area contributed by atoms with Crippen LogP contribution in [0, 0.1) is 5.92 Å². The zero-order valence-electron chi connectivity index (χ0n) is 17.0. The van der Waals surface area contributed by atoms with Crippen LogP contribution in [0.15, 0.2) is 54.6 Å². The summed E-state index contributed by atoms with van der Waals surface area (Å²) in [5, 5.41) is 5.55. The van der Waals surface area contributed by atoms with Crippen LogP contribution in [0.3, 0.4) is 0 Å². The third kappa shape index (κ3) is 6.13. The molecule has 8 heteroatoms. The SMILES string of the molecule is CC(C)CNC(=O)c1ccccc1NC(=O)[C@H](c1ccccc1)N(C)S(C)(=O)=O. The molecule has 0 aliphatic heterocycles. The van der Waals surface area contributed by atoms with Crippen LogP contribution in [-0.4, -0.2) is 44.4 Å². The lowest BCUT2D eigenvalue weighted by Crippen LogP contribution is -2.38. The highest BCUT2D eigenvalue weighted by Gasteiger charge is 2.31. The second-order valence-electron chi connectivity index (χ2n) is 7.23. The zero-order valence-corrected chi connectivity index (χ0v) is 17.9. The van der Waals surface area contributed by atoms with Gasteiger partial charge in [-0.05, 0) is 23.6 Å². The van der Waals surface area contributed by atoms with E-state index in [4.69, 9.17) is 0 Å². The van der Waals surface area contributed by atoms with E-state index in [9.17, 15) is 18.0 Å². The molecule has 0 fully saturated rings. The van der Waals surface area contributed by atoms with Crippen LogP contribution in [0.5, 0.6) is 0 Å². The van der Waals surface area contributed by atoms with Crippen molar-refractivity contribution in [3.05, 3.63) is 65.7 Å². The van der Waals surface area contributed by atoms with Gasteiger partial charge < -0.3 is 10.6 Å². The maximum Gasteiger partial charge on any atom is 0.253 e. The molecule has 0 radical (unpaired) electrons. The van der Waals surface area contributed by atoms with Gasteiger partial charge in [0.05, 0.1) is 17.5 Å². The van der Waals surface area contributed by atoms with Crippen molar-refractivity contribution >= 4 is 27.5 Å². The van der Waals surface area contributed by atoms with Gasteiger partial charge in [0, 0.05) is 13.6 Å². The maximum atomic E-state index is 13.1. The number of hydrogen-bond acceptors (Lipinski definition) is 4. The molecule has 0 saturated heterocycles. The second kappa shape index (κ2) is 9.67. The number of rotatable bonds is 8. The van der Waals surface area contributed by atoms with Crippen LogP contribution in [0.25, 0.3) is 0 Å². The first kappa shape index (κ1) is 22.6. The molecule has 29 heavy (non-hydrogen) atoms. The van der Waals surface area contributed by atoms with Crippen molar-refractivity contribution in [1.82, 2.24) is 9.62 Å². The van der Waals surface area contributed by atoms with Gasteiger partial charge in [0.25, 0.3) is 5.91 Å². The molecule has 2 aromatic carbocycles. The van der Waals surface area contributed by atoms with Crippen LogP contribution >= 0.6 is 0 Å². The van der Waals surface area contributed by atoms with Gasteiger partial charge in [-0.15, -0.1) is 0 Å². The fraction of sp³-hybridized carbons (Fsp3) is 0.333. The van der Waals surface area contributed by atoms with E-state index in [1.807, 2.05) is 13.8 Å². The van der Waals surface area contributed by atoms with Crippen LogP contribution in [-0.2, 0) is 14.8 Å². The summed E-state index contributed by atoms with van der Waals surface area (Å²) in [4.78, 5) is 25.6. The van der Waals surface area contributed by atoms with Gasteiger partial charge in [0.2, 0.25) is 15.9 Å². The Balaban J connectivity index is 2.34. The van der Waals surface area contributed by atoms with E-state index in [1.165, 1.54) is 7.05 Å². The van der Waals surface area contributed by atoms with E-state index in [2.05, 4.69) is 10.6 Å². The summed E-state index contributed by atoms with van der Waals surface area (Å²) in [6.07, 6.45) is 1.05. The topological polar surface area (TPSA) is 95.6 Å². The minimum atomic E-state index is -3.64. The van der Waals surface area contributed by atoms with E-state index in [-0.39, 0.29) is 11.8 Å². The number of carbonyl (C=O) groups excluding carboxylic acids is 2. The summed E-state index contributed by atoms with van der Waals surface area (Å²) in [6.45, 7) is 4.48. The first-order chi connectivity index (χ1) is 13.6. The fourth-order valence-corrected chi connectivity index (χ4v) is 3.34. The van der Waals surface area contributed by atoms with Gasteiger partial charge in [-0.25, -0.2) is 8.42 Å². The summed E-state index contributed by atoms with van der Waals surface area (Å²) in [5.74, 6) is -0.567. The third-order valence-corrected chi connectivity index (χ3v) is 5.61. The number of hydrogen-bond donors (Lipinski definition) is 2. The highest BCUT2D eigenvalue weighted by Crippen LogP contribution is 2.25. The largest absolute Gasteiger partial charge is 0.352 e. The molecule has 7 nitrogen and oxygen atoms in total. The number of sulfonamides is 1. The lowest BCUT2D eigenvalue weighted by Gasteiger charge is -2.26. The standard InChI is InChI=1S/C21H27N3O4S/c1-15(2)14-22-20(25)17-12-8-9-13-18(17)23-21(26)19(24(3)29(4,27)28)16-10-6-5-7-11-16/h5-13,15,19H,14H2,1-4H3,(H,22,25)(H,23,26)/t19-/m0/s1. The van der Waals surface area contributed by atoms with Gasteiger partial charge in [-0.1, -0.05) is 56.3 Å². The lowest BCUT2D eigenvalue weighted by molar-refractivity contribution is -0.119. The molecular weight excluding hydrogens is 390 g/mol. The summed E-state index contributed by atoms with van der Waals surface area (Å²) in [6, 6.07) is 14.2. The smallest absolute Gasteiger partial charge is 0.253 e. The Morgan fingerprint density at radius 1 is 1.00 bits per heavy atom. The Morgan fingerprint density at radius 2 is 1.59 bits per heavy atom. The number of anilines is 1. The number of carbonyl (C=O) groups is 2. The highest BCUT2D eigenvalue weighted by atomic mass is 32.2. The van der Waals surface area contributed by atoms with E-state index in [0.717, 1.165) is 10.6 Å². The van der Waals surface area contributed by atoms with Gasteiger partial charge in [0.15, 0.2) is 0 Å². The van der Waals surface area contributed by atoms with Crippen LogP contribution in [0.1, 0.15) is 35.8 Å². The molecular formula is C21H27N3O4S. The lowest BCUT2D eigenvalue weighted by atomic mass is 10.1. The Morgan fingerprint density at radius 3 is 2.17 bits per heavy atom. The van der Waals surface area contributed by atoms with E-state index in [0.29, 0.717) is 23.4 Å². The Hall–Kier alpha value is -2.71. The van der Waals surface area contributed by atoms with E-state index >= 15 is 0 Å². The van der Waals surface area contributed by atoms with Crippen molar-refractivity contribution in [2.75, 3.05) is 25.2 Å². The quantitative estimate of drug-likeness (QED) is 0.690. The second-order valence-corrected chi connectivity index (χ2v) is 9.27. The Bertz CT molecular complexity index is 959. The average molecular weight is 418 g/mol. The fourth-order valence-electron chi connectivity index (χ4n) is 2.74. The van der Waals surface area contributed by atoms with Gasteiger partial charge >= 0.3 is 0 Å². The third-order valence-electron chi connectivity index (χ3n) is 4.35. The number of amides is 2. The molecule has 0 aromatic heterocycles. The molecule has 0 unspecified atom stereocenters. The predicted octanol–water partition coefficient (Wildman–Crippen LogP) is 2.64. The molecule has 2 N–H and O–H groups in total. The van der Waals surface area contributed by atoms with Crippen LogP contribution in [0.2, 0.25) is 0 Å². The van der Waals surface area contributed by atoms with Crippen molar-refractivity contribution in [3.8, 4) is 0 Å². The molecule has 2 rings (SSSR count). The molecule has 0 aliphatic rings. The normalized spacial score (nSPS) is 12.6. The molecule has 2 aromatic rings. The zero-order chi connectivity index (χ0) is 21.6.